The van der Waals surface area contributed by atoms with Gasteiger partial charge in [0.2, 0.25) is 5.91 Å². The molecule has 3 rings (SSSR count). The molecular formula is C16H17Cl2NO4. The quantitative estimate of drug-likeness (QED) is 0.899. The van der Waals surface area contributed by atoms with E-state index < -0.39 is 12.1 Å². The maximum atomic E-state index is 12.6. The lowest BCUT2D eigenvalue weighted by Gasteiger charge is -2.32. The summed E-state index contributed by atoms with van der Waals surface area (Å²) in [5.41, 5.74) is 0.910. The summed E-state index contributed by atoms with van der Waals surface area (Å²) in [7, 11) is 0. The number of carboxylic acid groups (broad SMARTS) is 1. The summed E-state index contributed by atoms with van der Waals surface area (Å²) in [5, 5.41) is 9.86. The van der Waals surface area contributed by atoms with Gasteiger partial charge in [0.1, 0.15) is 0 Å². The minimum absolute atomic E-state index is 0.0460. The number of hydrogen-bond acceptors (Lipinski definition) is 3. The first-order valence-corrected chi connectivity index (χ1v) is 8.29. The second-order valence-corrected chi connectivity index (χ2v) is 6.75. The van der Waals surface area contributed by atoms with Gasteiger partial charge in [-0.15, -0.1) is 0 Å². The summed E-state index contributed by atoms with van der Waals surface area (Å²) in [6.45, 7) is 1.21. The van der Waals surface area contributed by atoms with Crippen LogP contribution in [0.15, 0.2) is 18.2 Å². The number of carbonyl (C=O) groups excluding carboxylic acids is 1. The molecule has 1 saturated carbocycles. The number of ether oxygens (including phenoxy) is 1. The third kappa shape index (κ3) is 3.62. The highest BCUT2D eigenvalue weighted by molar-refractivity contribution is 6.42. The van der Waals surface area contributed by atoms with E-state index in [-0.39, 0.29) is 24.2 Å². The lowest BCUT2D eigenvalue weighted by atomic mass is 10.1. The van der Waals surface area contributed by atoms with Crippen LogP contribution in [0.5, 0.6) is 0 Å². The van der Waals surface area contributed by atoms with E-state index in [1.807, 2.05) is 12.1 Å². The lowest BCUT2D eigenvalue weighted by molar-refractivity contribution is -0.148. The van der Waals surface area contributed by atoms with Crippen molar-refractivity contribution in [1.82, 2.24) is 4.90 Å². The van der Waals surface area contributed by atoms with E-state index >= 15 is 0 Å². The van der Waals surface area contributed by atoms with Crippen LogP contribution in [0.4, 0.5) is 0 Å². The van der Waals surface area contributed by atoms with Gasteiger partial charge in [-0.05, 0) is 24.0 Å². The molecule has 0 bridgehead atoms. The fourth-order valence-electron chi connectivity index (χ4n) is 3.09. The second kappa shape index (κ2) is 6.67. The van der Waals surface area contributed by atoms with Gasteiger partial charge in [-0.1, -0.05) is 35.3 Å². The molecule has 1 aliphatic carbocycles. The van der Waals surface area contributed by atoms with Gasteiger partial charge in [-0.2, -0.15) is 0 Å². The average Bonchev–Trinajstić information content (AvgIpc) is 3.29. The number of amides is 1. The molecule has 1 saturated heterocycles. The zero-order chi connectivity index (χ0) is 16.6. The van der Waals surface area contributed by atoms with Gasteiger partial charge < -0.3 is 14.7 Å². The summed E-state index contributed by atoms with van der Waals surface area (Å²) in [6, 6.07) is 5.46. The van der Waals surface area contributed by atoms with Crippen LogP contribution >= 0.6 is 23.2 Å². The minimum Gasteiger partial charge on any atom is -0.481 e. The van der Waals surface area contributed by atoms with Gasteiger partial charge in [0.15, 0.2) is 0 Å². The molecule has 7 heteroatoms. The Morgan fingerprint density at radius 1 is 1.35 bits per heavy atom. The molecule has 23 heavy (non-hydrogen) atoms. The predicted octanol–water partition coefficient (Wildman–Crippen LogP) is 2.80. The minimum atomic E-state index is -0.917. The van der Waals surface area contributed by atoms with Crippen LogP contribution < -0.4 is 0 Å². The zero-order valence-electron chi connectivity index (χ0n) is 12.4. The monoisotopic (exact) mass is 357 g/mol. The fraction of sp³-hybridized carbons (Fsp3) is 0.500. The maximum absolute atomic E-state index is 12.6. The SMILES string of the molecule is O=C(O)C[C@@H]1CN(C(=O)[C@@H]2C[C@H]2c2cccc(Cl)c2Cl)CCO1. The Bertz CT molecular complexity index is 637. The van der Waals surface area contributed by atoms with E-state index in [4.69, 9.17) is 33.0 Å². The van der Waals surface area contributed by atoms with Gasteiger partial charge in [0.25, 0.3) is 0 Å². The number of carbonyl (C=O) groups is 2. The van der Waals surface area contributed by atoms with Gasteiger partial charge in [0.05, 0.1) is 29.2 Å². The Balaban J connectivity index is 1.63. The van der Waals surface area contributed by atoms with Crippen molar-refractivity contribution in [3.8, 4) is 0 Å². The Morgan fingerprint density at radius 2 is 2.13 bits per heavy atom. The van der Waals surface area contributed by atoms with Gasteiger partial charge >= 0.3 is 5.97 Å². The molecule has 1 aromatic carbocycles. The first-order valence-electron chi connectivity index (χ1n) is 7.53. The average molecular weight is 358 g/mol. The van der Waals surface area contributed by atoms with Gasteiger partial charge in [0, 0.05) is 19.0 Å². The van der Waals surface area contributed by atoms with Crippen LogP contribution in [0.1, 0.15) is 24.3 Å². The van der Waals surface area contributed by atoms with Crippen LogP contribution in [0.3, 0.4) is 0 Å². The fourth-order valence-corrected chi connectivity index (χ4v) is 3.54. The molecule has 1 aliphatic heterocycles. The number of carboxylic acids is 1. The van der Waals surface area contributed by atoms with Crippen molar-refractivity contribution in [1.29, 1.82) is 0 Å². The molecule has 0 radical (unpaired) electrons. The molecule has 0 aromatic heterocycles. The molecule has 2 aliphatic rings. The van der Waals surface area contributed by atoms with E-state index in [9.17, 15) is 9.59 Å². The third-order valence-electron chi connectivity index (χ3n) is 4.34. The molecular weight excluding hydrogens is 341 g/mol. The molecule has 1 heterocycles. The van der Waals surface area contributed by atoms with Crippen LogP contribution in [-0.2, 0) is 14.3 Å². The molecule has 2 fully saturated rings. The Labute approximate surface area is 144 Å². The predicted molar refractivity (Wildman–Crippen MR) is 85.9 cm³/mol. The Kier molecular flexibility index (Phi) is 4.80. The number of hydrogen-bond donors (Lipinski definition) is 1. The lowest BCUT2D eigenvalue weighted by Crippen LogP contribution is -2.47. The highest BCUT2D eigenvalue weighted by Gasteiger charge is 2.47. The molecule has 1 N–H and O–H groups in total. The Hall–Kier alpha value is -1.30. The summed E-state index contributed by atoms with van der Waals surface area (Å²) < 4.78 is 5.40. The topological polar surface area (TPSA) is 66.8 Å². The highest BCUT2D eigenvalue weighted by Crippen LogP contribution is 2.51. The van der Waals surface area contributed by atoms with Crippen molar-refractivity contribution in [2.24, 2.45) is 5.92 Å². The summed E-state index contributed by atoms with van der Waals surface area (Å²) in [6.07, 6.45) is 0.231. The van der Waals surface area contributed by atoms with E-state index in [2.05, 4.69) is 0 Å². The van der Waals surface area contributed by atoms with Crippen LogP contribution in [-0.4, -0.2) is 47.7 Å². The van der Waals surface area contributed by atoms with Crippen LogP contribution in [0, 0.1) is 5.92 Å². The molecule has 3 atom stereocenters. The first kappa shape index (κ1) is 16.6. The number of nitrogens with zero attached hydrogens (tertiary/aromatic N) is 1. The maximum Gasteiger partial charge on any atom is 0.306 e. The molecule has 0 unspecified atom stereocenters. The van der Waals surface area contributed by atoms with E-state index in [1.165, 1.54) is 0 Å². The van der Waals surface area contributed by atoms with E-state index in [1.54, 1.807) is 11.0 Å². The number of morpholine rings is 1. The van der Waals surface area contributed by atoms with Crippen LogP contribution in [0.2, 0.25) is 10.0 Å². The highest BCUT2D eigenvalue weighted by atomic mass is 35.5. The molecule has 1 amide bonds. The van der Waals surface area contributed by atoms with E-state index in [0.717, 1.165) is 12.0 Å². The standard InChI is InChI=1S/C16H17Cl2NO4/c17-13-3-1-2-10(15(13)18)11-7-12(11)16(22)19-4-5-23-9(8-19)6-14(20)21/h1-3,9,11-12H,4-8H2,(H,20,21)/t9-,11+,12-/m1/s1. The largest absolute Gasteiger partial charge is 0.481 e. The molecule has 0 spiro atoms. The van der Waals surface area contributed by atoms with Crippen molar-refractivity contribution in [2.45, 2.75) is 24.9 Å². The summed E-state index contributed by atoms with van der Waals surface area (Å²) in [5.74, 6) is -0.881. The zero-order valence-corrected chi connectivity index (χ0v) is 13.9. The van der Waals surface area contributed by atoms with Crippen molar-refractivity contribution in [3.05, 3.63) is 33.8 Å². The third-order valence-corrected chi connectivity index (χ3v) is 5.17. The first-order chi connectivity index (χ1) is 11.0. The number of rotatable bonds is 4. The molecule has 5 nitrogen and oxygen atoms in total. The van der Waals surface area contributed by atoms with Crippen molar-refractivity contribution in [2.75, 3.05) is 19.7 Å². The Morgan fingerprint density at radius 3 is 2.87 bits per heavy atom. The van der Waals surface area contributed by atoms with Crippen molar-refractivity contribution < 1.29 is 19.4 Å². The number of benzene rings is 1. The summed E-state index contributed by atoms with van der Waals surface area (Å²) >= 11 is 12.3. The number of halogens is 2. The normalized spacial score (nSPS) is 26.9. The van der Waals surface area contributed by atoms with Crippen LogP contribution in [0.25, 0.3) is 0 Å². The van der Waals surface area contributed by atoms with Crippen molar-refractivity contribution in [3.63, 3.8) is 0 Å². The van der Waals surface area contributed by atoms with Crippen molar-refractivity contribution >= 4 is 35.1 Å². The van der Waals surface area contributed by atoms with E-state index in [0.29, 0.717) is 29.7 Å². The second-order valence-electron chi connectivity index (χ2n) is 5.97. The smallest absolute Gasteiger partial charge is 0.306 e. The van der Waals surface area contributed by atoms with Gasteiger partial charge in [-0.25, -0.2) is 0 Å². The molecule has 1 aromatic rings. The van der Waals surface area contributed by atoms with Gasteiger partial charge in [-0.3, -0.25) is 9.59 Å². The molecule has 124 valence electrons. The summed E-state index contributed by atoms with van der Waals surface area (Å²) in [4.78, 5) is 25.1. The number of aliphatic carboxylic acids is 1.